The number of rotatable bonds is 5. The minimum atomic E-state index is -1.35. The number of carbonyl (C=O) groups excluding carboxylic acids is 1. The highest BCUT2D eigenvalue weighted by Gasteiger charge is 2.46. The molecule has 1 heterocycles. The molecule has 20 heavy (non-hydrogen) atoms. The van der Waals surface area contributed by atoms with Gasteiger partial charge >= 0.3 is 12.1 Å². The van der Waals surface area contributed by atoms with Gasteiger partial charge in [-0.05, 0) is 33.6 Å². The number of likely N-dealkylation sites (tertiary alicyclic amines) is 1. The molecule has 2 N–H and O–H groups in total. The highest BCUT2D eigenvalue weighted by Crippen LogP contribution is 2.23. The second-order valence-electron chi connectivity index (χ2n) is 6.08. The predicted molar refractivity (Wildman–Crippen MR) is 71.4 cm³/mol. The van der Waals surface area contributed by atoms with Crippen LogP contribution in [0.5, 0.6) is 0 Å². The van der Waals surface area contributed by atoms with E-state index in [1.807, 2.05) is 4.90 Å². The van der Waals surface area contributed by atoms with Gasteiger partial charge in [0.25, 0.3) is 0 Å². The monoisotopic (exact) mass is 290 g/mol. The number of carboxylic acids is 1. The van der Waals surface area contributed by atoms with Crippen molar-refractivity contribution in [1.82, 2.24) is 10.2 Å². The Balaban J connectivity index is 2.66. The van der Waals surface area contributed by atoms with E-state index in [-0.39, 0.29) is 13.0 Å². The molecule has 0 saturated carbocycles. The van der Waals surface area contributed by atoms with E-state index in [9.17, 15) is 19.1 Å². The number of ether oxygens (including phenoxy) is 1. The number of carboxylic acid groups (broad SMARTS) is 1. The third-order valence-electron chi connectivity index (χ3n) is 3.11. The second kappa shape index (κ2) is 6.39. The molecule has 0 aromatic heterocycles. The van der Waals surface area contributed by atoms with E-state index < -0.39 is 29.9 Å². The Labute approximate surface area is 118 Å². The van der Waals surface area contributed by atoms with Gasteiger partial charge in [-0.25, -0.2) is 9.59 Å². The minimum Gasteiger partial charge on any atom is -0.479 e. The lowest BCUT2D eigenvalue weighted by Crippen LogP contribution is -2.57. The van der Waals surface area contributed by atoms with Crippen LogP contribution in [-0.4, -0.2) is 59.5 Å². The van der Waals surface area contributed by atoms with E-state index in [1.165, 1.54) is 0 Å². The molecule has 1 amide bonds. The fraction of sp³-hybridized carbons (Fsp3) is 0.846. The second-order valence-corrected chi connectivity index (χ2v) is 6.08. The number of amides is 1. The average molecular weight is 290 g/mol. The van der Waals surface area contributed by atoms with Gasteiger partial charge in [-0.3, -0.25) is 4.39 Å². The lowest BCUT2D eigenvalue weighted by molar-refractivity contribution is -0.144. The van der Waals surface area contributed by atoms with Crippen molar-refractivity contribution in [2.24, 2.45) is 0 Å². The van der Waals surface area contributed by atoms with Gasteiger partial charge in [0.05, 0.1) is 6.67 Å². The Bertz CT molecular complexity index is 370. The molecule has 7 heteroatoms. The topological polar surface area (TPSA) is 78.9 Å². The number of carbonyl (C=O) groups is 2. The Morgan fingerprint density at radius 3 is 2.60 bits per heavy atom. The molecule has 0 spiro atoms. The van der Waals surface area contributed by atoms with E-state index in [1.54, 1.807) is 20.8 Å². The van der Waals surface area contributed by atoms with Gasteiger partial charge < -0.3 is 20.1 Å². The number of nitrogens with one attached hydrogen (secondary N) is 1. The first-order chi connectivity index (χ1) is 9.18. The van der Waals surface area contributed by atoms with E-state index in [0.29, 0.717) is 19.5 Å². The summed E-state index contributed by atoms with van der Waals surface area (Å²) in [7, 11) is 0. The number of hydrogen-bond acceptors (Lipinski definition) is 4. The fourth-order valence-electron chi connectivity index (χ4n) is 2.19. The molecule has 0 aromatic rings. The number of alkyl carbamates (subject to hydrolysis) is 1. The van der Waals surface area contributed by atoms with E-state index >= 15 is 0 Å². The average Bonchev–Trinajstić information content (AvgIpc) is 2.68. The summed E-state index contributed by atoms with van der Waals surface area (Å²) in [5.74, 6) is -1.09. The number of alkyl halides is 1. The Morgan fingerprint density at radius 2 is 2.10 bits per heavy atom. The molecular formula is C13H23FN2O4. The van der Waals surface area contributed by atoms with E-state index in [2.05, 4.69) is 5.32 Å². The van der Waals surface area contributed by atoms with Crippen LogP contribution in [0.1, 0.15) is 33.6 Å². The molecule has 1 fully saturated rings. The zero-order chi connectivity index (χ0) is 15.4. The first-order valence-electron chi connectivity index (χ1n) is 6.71. The third-order valence-corrected chi connectivity index (χ3v) is 3.11. The SMILES string of the molecule is CC(C)(C)OC(=O)NC1(C(=O)O)CCN(CCCF)C1. The molecule has 6 nitrogen and oxygen atoms in total. The minimum absolute atomic E-state index is 0.168. The van der Waals surface area contributed by atoms with Crippen LogP contribution in [0.2, 0.25) is 0 Å². The van der Waals surface area contributed by atoms with Crippen LogP contribution in [-0.2, 0) is 9.53 Å². The van der Waals surface area contributed by atoms with Gasteiger partial charge in [-0.15, -0.1) is 0 Å². The molecule has 1 aliphatic rings. The van der Waals surface area contributed by atoms with Crippen molar-refractivity contribution in [3.05, 3.63) is 0 Å². The van der Waals surface area contributed by atoms with E-state index in [0.717, 1.165) is 0 Å². The lowest BCUT2D eigenvalue weighted by atomic mass is 9.99. The van der Waals surface area contributed by atoms with Crippen molar-refractivity contribution in [2.45, 2.75) is 44.8 Å². The van der Waals surface area contributed by atoms with Crippen molar-refractivity contribution >= 4 is 12.1 Å². The maximum Gasteiger partial charge on any atom is 0.408 e. The molecule has 116 valence electrons. The highest BCUT2D eigenvalue weighted by molar-refractivity contribution is 5.85. The van der Waals surface area contributed by atoms with E-state index in [4.69, 9.17) is 4.74 Å². The first kappa shape index (κ1) is 16.7. The van der Waals surface area contributed by atoms with Gasteiger partial charge in [-0.1, -0.05) is 0 Å². The maximum absolute atomic E-state index is 12.2. The molecule has 0 bridgehead atoms. The molecule has 1 rings (SSSR count). The first-order valence-corrected chi connectivity index (χ1v) is 6.71. The number of hydrogen-bond donors (Lipinski definition) is 2. The molecule has 0 radical (unpaired) electrons. The third kappa shape index (κ3) is 4.63. The summed E-state index contributed by atoms with van der Waals surface area (Å²) in [5.41, 5.74) is -2.03. The van der Waals surface area contributed by atoms with Gasteiger partial charge in [0.15, 0.2) is 5.54 Å². The summed E-state index contributed by atoms with van der Waals surface area (Å²) in [6.45, 7) is 5.87. The normalized spacial score (nSPS) is 23.6. The van der Waals surface area contributed by atoms with Gasteiger partial charge in [-0.2, -0.15) is 0 Å². The van der Waals surface area contributed by atoms with Crippen LogP contribution in [0.4, 0.5) is 9.18 Å². The summed E-state index contributed by atoms with van der Waals surface area (Å²) in [5, 5.41) is 11.8. The van der Waals surface area contributed by atoms with Crippen molar-refractivity contribution in [2.75, 3.05) is 26.3 Å². The van der Waals surface area contributed by atoms with Gasteiger partial charge in [0.1, 0.15) is 5.60 Å². The molecule has 0 aliphatic carbocycles. The highest BCUT2D eigenvalue weighted by atomic mass is 19.1. The van der Waals surface area contributed by atoms with Gasteiger partial charge in [0, 0.05) is 19.6 Å². The quantitative estimate of drug-likeness (QED) is 0.800. The number of aliphatic carboxylic acids is 1. The Hall–Kier alpha value is -1.37. The van der Waals surface area contributed by atoms with Crippen LogP contribution in [0.15, 0.2) is 0 Å². The fourth-order valence-corrected chi connectivity index (χ4v) is 2.19. The summed E-state index contributed by atoms with van der Waals surface area (Å²) in [6, 6.07) is 0. The van der Waals surface area contributed by atoms with Crippen molar-refractivity contribution in [3.8, 4) is 0 Å². The lowest BCUT2D eigenvalue weighted by Gasteiger charge is -2.28. The Kier molecular flexibility index (Phi) is 5.33. The number of nitrogens with zero attached hydrogens (tertiary/aromatic N) is 1. The summed E-state index contributed by atoms with van der Waals surface area (Å²) in [4.78, 5) is 25.1. The maximum atomic E-state index is 12.2. The van der Waals surface area contributed by atoms with Crippen molar-refractivity contribution in [1.29, 1.82) is 0 Å². The molecular weight excluding hydrogens is 267 g/mol. The molecule has 1 unspecified atom stereocenters. The predicted octanol–water partition coefficient (Wildman–Crippen LogP) is 1.40. The standard InChI is InChI=1S/C13H23FN2O4/c1-12(2,3)20-11(19)15-13(10(17)18)5-8-16(9-13)7-4-6-14/h4-9H2,1-3H3,(H,15,19)(H,17,18). The zero-order valence-corrected chi connectivity index (χ0v) is 12.2. The Morgan fingerprint density at radius 1 is 1.45 bits per heavy atom. The molecule has 1 saturated heterocycles. The van der Waals surface area contributed by atoms with Crippen LogP contribution in [0.25, 0.3) is 0 Å². The number of halogens is 1. The molecule has 1 atom stereocenters. The smallest absolute Gasteiger partial charge is 0.408 e. The molecule has 0 aromatic carbocycles. The van der Waals surface area contributed by atoms with Crippen LogP contribution in [0.3, 0.4) is 0 Å². The largest absolute Gasteiger partial charge is 0.479 e. The van der Waals surface area contributed by atoms with Crippen molar-refractivity contribution in [3.63, 3.8) is 0 Å². The summed E-state index contributed by atoms with van der Waals surface area (Å²) >= 11 is 0. The molecule has 1 aliphatic heterocycles. The van der Waals surface area contributed by atoms with Crippen LogP contribution >= 0.6 is 0 Å². The zero-order valence-electron chi connectivity index (χ0n) is 12.2. The summed E-state index contributed by atoms with van der Waals surface area (Å²) in [6.07, 6.45) is -0.0945. The summed E-state index contributed by atoms with van der Waals surface area (Å²) < 4.78 is 17.3. The van der Waals surface area contributed by atoms with Crippen LogP contribution in [0, 0.1) is 0 Å². The van der Waals surface area contributed by atoms with Crippen molar-refractivity contribution < 1.29 is 23.8 Å². The van der Waals surface area contributed by atoms with Crippen LogP contribution < -0.4 is 5.32 Å². The van der Waals surface area contributed by atoms with Gasteiger partial charge in [0.2, 0.25) is 0 Å².